The first-order chi connectivity index (χ1) is 11.7. The van der Waals surface area contributed by atoms with Crippen molar-refractivity contribution in [2.24, 2.45) is 0 Å². The van der Waals surface area contributed by atoms with Crippen molar-refractivity contribution in [3.63, 3.8) is 0 Å². The molecule has 0 saturated heterocycles. The molecule has 0 heterocycles. The number of carbonyl (C=O) groups is 1. The molecule has 0 aliphatic heterocycles. The molecule has 134 valence electrons. The molecule has 2 aromatic carbocycles. The van der Waals surface area contributed by atoms with Crippen molar-refractivity contribution in [1.82, 2.24) is 10.6 Å². The van der Waals surface area contributed by atoms with Gasteiger partial charge in [0.1, 0.15) is 5.82 Å². The summed E-state index contributed by atoms with van der Waals surface area (Å²) >= 11 is 0. The molecule has 1 atom stereocenters. The number of rotatable bonds is 5. The normalized spacial score (nSPS) is 13.8. The van der Waals surface area contributed by atoms with E-state index in [-0.39, 0.29) is 12.1 Å². The van der Waals surface area contributed by atoms with Crippen LogP contribution in [-0.2, 0) is 12.1 Å². The van der Waals surface area contributed by atoms with Crippen LogP contribution in [0.25, 0.3) is 0 Å². The van der Waals surface area contributed by atoms with E-state index in [1.54, 1.807) is 0 Å². The Balaban J connectivity index is 1.98. The van der Waals surface area contributed by atoms with Gasteiger partial charge in [-0.3, -0.25) is 0 Å². The molecule has 0 aliphatic rings. The molecule has 0 aromatic heterocycles. The lowest BCUT2D eigenvalue weighted by atomic mass is 9.93. The van der Waals surface area contributed by atoms with Crippen LogP contribution in [0.3, 0.4) is 0 Å². The van der Waals surface area contributed by atoms with Crippen molar-refractivity contribution in [2.45, 2.75) is 18.3 Å². The van der Waals surface area contributed by atoms with Gasteiger partial charge >= 0.3 is 12.2 Å². The molecular formula is C17H16F4N2O2. The van der Waals surface area contributed by atoms with Crippen molar-refractivity contribution in [3.8, 4) is 0 Å². The van der Waals surface area contributed by atoms with Crippen LogP contribution in [0.2, 0.25) is 0 Å². The van der Waals surface area contributed by atoms with Gasteiger partial charge in [0.15, 0.2) is 0 Å². The standard InChI is InChI=1S/C17H16F4N2O2/c18-14-8-6-12(7-9-14)10-22-15(24)23-11-16(25,17(19,20)21)13-4-2-1-3-5-13/h1-9,25H,10-11H2,(H2,22,23,24). The van der Waals surface area contributed by atoms with Gasteiger partial charge in [-0.05, 0) is 23.3 Å². The van der Waals surface area contributed by atoms with Crippen molar-refractivity contribution in [1.29, 1.82) is 0 Å². The summed E-state index contributed by atoms with van der Waals surface area (Å²) in [7, 11) is 0. The average molecular weight is 356 g/mol. The Hall–Kier alpha value is -2.61. The van der Waals surface area contributed by atoms with Gasteiger partial charge in [0, 0.05) is 6.54 Å². The third kappa shape index (κ3) is 4.69. The van der Waals surface area contributed by atoms with Gasteiger partial charge in [-0.1, -0.05) is 42.5 Å². The zero-order valence-electron chi connectivity index (χ0n) is 13.0. The second-order valence-electron chi connectivity index (χ2n) is 5.39. The van der Waals surface area contributed by atoms with E-state index >= 15 is 0 Å². The Bertz CT molecular complexity index is 705. The minimum Gasteiger partial charge on any atom is -0.375 e. The van der Waals surface area contributed by atoms with Gasteiger partial charge in [0.2, 0.25) is 5.60 Å². The monoisotopic (exact) mass is 356 g/mol. The predicted octanol–water partition coefficient (Wildman–Crippen LogP) is 3.08. The molecule has 8 heteroatoms. The van der Waals surface area contributed by atoms with Crippen LogP contribution >= 0.6 is 0 Å². The van der Waals surface area contributed by atoms with Crippen molar-refractivity contribution >= 4 is 6.03 Å². The lowest BCUT2D eigenvalue weighted by Gasteiger charge is -2.31. The van der Waals surface area contributed by atoms with Crippen LogP contribution in [0.1, 0.15) is 11.1 Å². The van der Waals surface area contributed by atoms with Gasteiger partial charge in [0.25, 0.3) is 0 Å². The molecule has 2 aromatic rings. The molecule has 0 radical (unpaired) electrons. The Morgan fingerprint density at radius 3 is 2.12 bits per heavy atom. The van der Waals surface area contributed by atoms with Crippen LogP contribution < -0.4 is 10.6 Å². The maximum Gasteiger partial charge on any atom is 0.423 e. The van der Waals surface area contributed by atoms with Gasteiger partial charge in [0.05, 0.1) is 6.54 Å². The largest absolute Gasteiger partial charge is 0.423 e. The summed E-state index contributed by atoms with van der Waals surface area (Å²) in [6, 6.07) is 10.9. The van der Waals surface area contributed by atoms with Crippen LogP contribution in [0.5, 0.6) is 0 Å². The molecule has 0 aliphatic carbocycles. The Kier molecular flexibility index (Phi) is 5.63. The maximum absolute atomic E-state index is 13.3. The second-order valence-corrected chi connectivity index (χ2v) is 5.39. The van der Waals surface area contributed by atoms with E-state index in [2.05, 4.69) is 5.32 Å². The highest BCUT2D eigenvalue weighted by Gasteiger charge is 2.55. The van der Waals surface area contributed by atoms with E-state index in [4.69, 9.17) is 0 Å². The Morgan fingerprint density at radius 2 is 1.56 bits per heavy atom. The first kappa shape index (κ1) is 18.7. The third-order valence-corrected chi connectivity index (χ3v) is 3.59. The van der Waals surface area contributed by atoms with Crippen molar-refractivity contribution in [2.75, 3.05) is 6.54 Å². The van der Waals surface area contributed by atoms with Gasteiger partial charge in [-0.15, -0.1) is 0 Å². The fourth-order valence-corrected chi connectivity index (χ4v) is 2.14. The van der Waals surface area contributed by atoms with Gasteiger partial charge in [-0.25, -0.2) is 9.18 Å². The first-order valence-corrected chi connectivity index (χ1v) is 7.33. The number of hydrogen-bond donors (Lipinski definition) is 3. The predicted molar refractivity (Wildman–Crippen MR) is 83.0 cm³/mol. The van der Waals surface area contributed by atoms with E-state index in [0.717, 1.165) is 12.1 Å². The highest BCUT2D eigenvalue weighted by atomic mass is 19.4. The van der Waals surface area contributed by atoms with Gasteiger partial charge in [-0.2, -0.15) is 13.2 Å². The Labute approximate surface area is 141 Å². The molecule has 3 N–H and O–H groups in total. The number of aliphatic hydroxyl groups is 1. The quantitative estimate of drug-likeness (QED) is 0.721. The summed E-state index contributed by atoms with van der Waals surface area (Å²) < 4.78 is 52.6. The molecule has 0 fully saturated rings. The molecule has 0 spiro atoms. The van der Waals surface area contributed by atoms with E-state index < -0.39 is 30.2 Å². The fourth-order valence-electron chi connectivity index (χ4n) is 2.14. The van der Waals surface area contributed by atoms with E-state index in [0.29, 0.717) is 5.56 Å². The van der Waals surface area contributed by atoms with Crippen LogP contribution in [0.15, 0.2) is 54.6 Å². The zero-order chi connectivity index (χ0) is 18.5. The number of hydrogen-bond acceptors (Lipinski definition) is 2. The molecule has 0 saturated carbocycles. The summed E-state index contributed by atoms with van der Waals surface area (Å²) in [6.45, 7) is -1.04. The summed E-state index contributed by atoms with van der Waals surface area (Å²) in [5, 5.41) is 14.4. The van der Waals surface area contributed by atoms with Crippen molar-refractivity contribution in [3.05, 3.63) is 71.5 Å². The summed E-state index contributed by atoms with van der Waals surface area (Å²) in [4.78, 5) is 11.7. The van der Waals surface area contributed by atoms with Crippen molar-refractivity contribution < 1.29 is 27.5 Å². The molecule has 2 rings (SSSR count). The van der Waals surface area contributed by atoms with Gasteiger partial charge < -0.3 is 15.7 Å². The number of carbonyl (C=O) groups excluding carboxylic acids is 1. The number of alkyl halides is 3. The number of urea groups is 1. The smallest absolute Gasteiger partial charge is 0.375 e. The summed E-state index contributed by atoms with van der Waals surface area (Å²) in [5.41, 5.74) is -3.01. The summed E-state index contributed by atoms with van der Waals surface area (Å²) in [6.07, 6.45) is -4.97. The minimum absolute atomic E-state index is 0.00188. The fraction of sp³-hybridized carbons (Fsp3) is 0.235. The SMILES string of the molecule is O=C(NCc1ccc(F)cc1)NCC(O)(c1ccccc1)C(F)(F)F. The van der Waals surface area contributed by atoms with Crippen LogP contribution in [0.4, 0.5) is 22.4 Å². The molecule has 0 bridgehead atoms. The zero-order valence-corrected chi connectivity index (χ0v) is 13.0. The molecular weight excluding hydrogens is 340 g/mol. The van der Waals surface area contributed by atoms with Crippen LogP contribution in [0, 0.1) is 5.82 Å². The highest BCUT2D eigenvalue weighted by molar-refractivity contribution is 5.74. The van der Waals surface area contributed by atoms with Crippen LogP contribution in [-0.4, -0.2) is 23.9 Å². The summed E-state index contributed by atoms with van der Waals surface area (Å²) in [5.74, 6) is -0.439. The first-order valence-electron chi connectivity index (χ1n) is 7.33. The lowest BCUT2D eigenvalue weighted by molar-refractivity contribution is -0.263. The highest BCUT2D eigenvalue weighted by Crippen LogP contribution is 2.38. The van der Waals surface area contributed by atoms with E-state index in [1.165, 1.54) is 42.5 Å². The maximum atomic E-state index is 13.3. The average Bonchev–Trinajstić information content (AvgIpc) is 2.59. The molecule has 4 nitrogen and oxygen atoms in total. The molecule has 1 unspecified atom stereocenters. The lowest BCUT2D eigenvalue weighted by Crippen LogP contribution is -2.52. The van der Waals surface area contributed by atoms with E-state index in [1.807, 2.05) is 5.32 Å². The Morgan fingerprint density at radius 1 is 0.960 bits per heavy atom. The second kappa shape index (κ2) is 7.52. The minimum atomic E-state index is -4.97. The van der Waals surface area contributed by atoms with E-state index in [9.17, 15) is 27.5 Å². The number of benzene rings is 2. The number of halogens is 4. The number of nitrogens with one attached hydrogen (secondary N) is 2. The molecule has 25 heavy (non-hydrogen) atoms. The number of amides is 2. The third-order valence-electron chi connectivity index (χ3n) is 3.59. The topological polar surface area (TPSA) is 61.4 Å². The molecule has 2 amide bonds.